The van der Waals surface area contributed by atoms with Crippen molar-refractivity contribution in [3.05, 3.63) is 174 Å². The molecule has 0 spiro atoms. The summed E-state index contributed by atoms with van der Waals surface area (Å²) >= 11 is 1.87. The maximum Gasteiger partial charge on any atom is 0.160 e. The molecule has 1 unspecified atom stereocenters. The van der Waals surface area contributed by atoms with Crippen LogP contribution in [0.5, 0.6) is 0 Å². The van der Waals surface area contributed by atoms with E-state index in [4.69, 9.17) is 15.7 Å². The van der Waals surface area contributed by atoms with Gasteiger partial charge in [-0.2, -0.15) is 0 Å². The minimum Gasteiger partial charge on any atom is -0.398 e. The molecule has 0 saturated carbocycles. The van der Waals surface area contributed by atoms with Crippen LogP contribution in [0.4, 0.5) is 5.69 Å². The summed E-state index contributed by atoms with van der Waals surface area (Å²) in [6.07, 6.45) is 0.967. The van der Waals surface area contributed by atoms with E-state index < -0.39 is 0 Å². The number of aromatic nitrogens is 2. The number of para-hydroxylation sites is 1. The Balaban J connectivity index is 1.18. The van der Waals surface area contributed by atoms with Gasteiger partial charge in [0.2, 0.25) is 0 Å². The van der Waals surface area contributed by atoms with E-state index >= 15 is 0 Å². The number of benzene rings is 6. The van der Waals surface area contributed by atoms with Gasteiger partial charge in [0.05, 0.1) is 11.4 Å². The minimum absolute atomic E-state index is 0.219. The van der Waals surface area contributed by atoms with Crippen LogP contribution in [-0.4, -0.2) is 9.97 Å². The van der Waals surface area contributed by atoms with Crippen molar-refractivity contribution < 1.29 is 0 Å². The van der Waals surface area contributed by atoms with Gasteiger partial charge in [-0.3, -0.25) is 0 Å². The Hall–Kier alpha value is -5.84. The molecule has 0 radical (unpaired) electrons. The molecule has 0 aliphatic rings. The second-order valence-electron chi connectivity index (χ2n) is 12.3. The summed E-state index contributed by atoms with van der Waals surface area (Å²) in [4.78, 5) is 11.6. The van der Waals surface area contributed by atoms with Crippen LogP contribution in [0.25, 0.3) is 66.2 Å². The zero-order chi connectivity index (χ0) is 33.2. The number of thiophene rings is 1. The third-order valence-corrected chi connectivity index (χ3v) is 10.5. The monoisotopic (exact) mass is 649 g/mol. The van der Waals surface area contributed by atoms with E-state index in [-0.39, 0.29) is 5.92 Å². The Labute approximate surface area is 291 Å². The first kappa shape index (κ1) is 30.5. The molecule has 8 rings (SSSR count). The number of nitrogens with two attached hydrogens (primary N) is 1. The normalized spacial score (nSPS) is 11.9. The van der Waals surface area contributed by atoms with Gasteiger partial charge in [0.1, 0.15) is 0 Å². The molecule has 4 heteroatoms. The Kier molecular flexibility index (Phi) is 8.30. The number of nitrogen functional groups attached to an aromatic ring is 1. The molecule has 1 atom stereocenters. The third-order valence-electron chi connectivity index (χ3n) is 9.23. The average Bonchev–Trinajstić information content (AvgIpc) is 3.55. The van der Waals surface area contributed by atoms with Crippen molar-refractivity contribution >= 4 is 27.1 Å². The van der Waals surface area contributed by atoms with Gasteiger partial charge in [0, 0.05) is 54.4 Å². The Morgan fingerprint density at radius 1 is 0.551 bits per heavy atom. The fourth-order valence-corrected chi connectivity index (χ4v) is 8.12. The topological polar surface area (TPSA) is 51.8 Å². The van der Waals surface area contributed by atoms with Gasteiger partial charge in [-0.1, -0.05) is 153 Å². The molecule has 0 bridgehead atoms. The lowest BCUT2D eigenvalue weighted by Crippen LogP contribution is -2.01. The van der Waals surface area contributed by atoms with Crippen molar-refractivity contribution in [3.8, 4) is 56.2 Å². The van der Waals surface area contributed by atoms with E-state index in [1.807, 2.05) is 35.6 Å². The molecule has 3 nitrogen and oxygen atoms in total. The van der Waals surface area contributed by atoms with E-state index in [1.165, 1.54) is 37.2 Å². The number of nitrogens with zero attached hydrogens (tertiary/aromatic N) is 2. The largest absolute Gasteiger partial charge is 0.398 e. The molecule has 49 heavy (non-hydrogen) atoms. The molecule has 0 fully saturated rings. The van der Waals surface area contributed by atoms with Crippen molar-refractivity contribution in [1.29, 1.82) is 0 Å². The van der Waals surface area contributed by atoms with Crippen LogP contribution in [0.3, 0.4) is 0 Å². The van der Waals surface area contributed by atoms with Gasteiger partial charge >= 0.3 is 0 Å². The molecule has 6 aromatic carbocycles. The smallest absolute Gasteiger partial charge is 0.160 e. The molecule has 0 aliphatic heterocycles. The molecule has 8 aromatic rings. The quantitative estimate of drug-likeness (QED) is 0.167. The second-order valence-corrected chi connectivity index (χ2v) is 13.4. The maximum absolute atomic E-state index is 6.57. The van der Waals surface area contributed by atoms with Crippen molar-refractivity contribution in [3.63, 3.8) is 0 Å². The summed E-state index contributed by atoms with van der Waals surface area (Å²) < 4.78 is 1.28. The standard InChI is InChI=1S/C45H35N3S/c1-2-36(44-43(37-17-9-11-19-39(37)46)38-18-10-12-20-42(38)49-44)32-23-27-35(28-24-32)45-47-40(33-15-7-4-8-16-33)29-41(48-45)34-25-21-31(22-26-34)30-13-5-3-6-14-30/h3-29,36H,2,46H2,1H3. The molecule has 0 saturated heterocycles. The van der Waals surface area contributed by atoms with Gasteiger partial charge in [-0.05, 0) is 41.3 Å². The van der Waals surface area contributed by atoms with Crippen LogP contribution in [0.2, 0.25) is 0 Å². The molecular formula is C45H35N3S. The van der Waals surface area contributed by atoms with Crippen LogP contribution in [0.15, 0.2) is 164 Å². The lowest BCUT2D eigenvalue weighted by Gasteiger charge is -2.18. The molecule has 0 amide bonds. The van der Waals surface area contributed by atoms with Gasteiger partial charge in [-0.15, -0.1) is 11.3 Å². The predicted octanol–water partition coefficient (Wildman–Crippen LogP) is 12.2. The fraction of sp³-hybridized carbons (Fsp3) is 0.0667. The first-order chi connectivity index (χ1) is 24.2. The first-order valence-electron chi connectivity index (χ1n) is 16.7. The van der Waals surface area contributed by atoms with Crippen molar-refractivity contribution in [1.82, 2.24) is 9.97 Å². The van der Waals surface area contributed by atoms with Gasteiger partial charge < -0.3 is 5.73 Å². The number of hydrogen-bond donors (Lipinski definition) is 1. The average molecular weight is 650 g/mol. The van der Waals surface area contributed by atoms with Crippen LogP contribution < -0.4 is 5.73 Å². The zero-order valence-corrected chi connectivity index (χ0v) is 28.1. The Morgan fingerprint density at radius 2 is 1.08 bits per heavy atom. The summed E-state index contributed by atoms with van der Waals surface area (Å²) in [6.45, 7) is 2.27. The third kappa shape index (κ3) is 6.03. The highest BCUT2D eigenvalue weighted by molar-refractivity contribution is 7.19. The number of anilines is 1. The summed E-state index contributed by atoms with van der Waals surface area (Å²) in [5.41, 5.74) is 18.3. The maximum atomic E-state index is 6.57. The zero-order valence-electron chi connectivity index (χ0n) is 27.3. The van der Waals surface area contributed by atoms with E-state index in [0.717, 1.165) is 45.7 Å². The van der Waals surface area contributed by atoms with E-state index in [2.05, 4.69) is 146 Å². The minimum atomic E-state index is 0.219. The van der Waals surface area contributed by atoms with Gasteiger partial charge in [0.25, 0.3) is 0 Å². The molecule has 2 heterocycles. The highest BCUT2D eigenvalue weighted by atomic mass is 32.1. The van der Waals surface area contributed by atoms with Gasteiger partial charge in [-0.25, -0.2) is 9.97 Å². The lowest BCUT2D eigenvalue weighted by atomic mass is 9.88. The molecule has 2 aromatic heterocycles. The van der Waals surface area contributed by atoms with Crippen LogP contribution in [0.1, 0.15) is 29.7 Å². The molecule has 2 N–H and O–H groups in total. The van der Waals surface area contributed by atoms with E-state index in [1.54, 1.807) is 0 Å². The van der Waals surface area contributed by atoms with Crippen molar-refractivity contribution in [2.45, 2.75) is 19.3 Å². The highest BCUT2D eigenvalue weighted by Gasteiger charge is 2.23. The number of hydrogen-bond acceptors (Lipinski definition) is 4. The van der Waals surface area contributed by atoms with Crippen LogP contribution in [-0.2, 0) is 0 Å². The predicted molar refractivity (Wildman–Crippen MR) is 208 cm³/mol. The Bertz CT molecular complexity index is 2360. The summed E-state index contributed by atoms with van der Waals surface area (Å²) in [5.74, 6) is 0.930. The summed E-state index contributed by atoms with van der Waals surface area (Å²) in [5, 5.41) is 1.26. The van der Waals surface area contributed by atoms with Crippen molar-refractivity contribution in [2.75, 3.05) is 5.73 Å². The van der Waals surface area contributed by atoms with Crippen LogP contribution in [0, 0.1) is 0 Å². The SMILES string of the molecule is CCC(c1ccc(-c2nc(-c3ccccc3)cc(-c3ccc(-c4ccccc4)cc3)n2)cc1)c1sc2ccccc2c1-c1ccccc1N. The second kappa shape index (κ2) is 13.3. The van der Waals surface area contributed by atoms with E-state index in [0.29, 0.717) is 5.82 Å². The fourth-order valence-electron chi connectivity index (χ4n) is 6.69. The van der Waals surface area contributed by atoms with E-state index in [9.17, 15) is 0 Å². The molecular weight excluding hydrogens is 615 g/mol. The lowest BCUT2D eigenvalue weighted by molar-refractivity contribution is 0.794. The van der Waals surface area contributed by atoms with Crippen molar-refractivity contribution in [2.24, 2.45) is 0 Å². The Morgan fingerprint density at radius 3 is 1.76 bits per heavy atom. The number of rotatable bonds is 8. The molecule has 0 aliphatic carbocycles. The first-order valence-corrected chi connectivity index (χ1v) is 17.5. The molecule has 236 valence electrons. The summed E-state index contributed by atoms with van der Waals surface area (Å²) in [6, 6.07) is 57.3. The van der Waals surface area contributed by atoms with Crippen LogP contribution >= 0.6 is 11.3 Å². The summed E-state index contributed by atoms with van der Waals surface area (Å²) in [7, 11) is 0. The highest BCUT2D eigenvalue weighted by Crippen LogP contribution is 2.47. The van der Waals surface area contributed by atoms with Gasteiger partial charge in [0.15, 0.2) is 5.82 Å². The number of fused-ring (bicyclic) bond motifs is 1.